The zero-order chi connectivity index (χ0) is 24.5. The molecule has 6 nitrogen and oxygen atoms in total. The minimum absolute atomic E-state index is 0.117. The molecule has 0 aliphatic carbocycles. The third-order valence-electron chi connectivity index (χ3n) is 4.54. The van der Waals surface area contributed by atoms with Gasteiger partial charge >= 0.3 is 0 Å². The highest BCUT2D eigenvalue weighted by atomic mass is 35.5. The van der Waals surface area contributed by atoms with E-state index in [1.165, 1.54) is 12.2 Å². The van der Waals surface area contributed by atoms with Crippen LogP contribution in [0.1, 0.15) is 11.1 Å². The van der Waals surface area contributed by atoms with Gasteiger partial charge in [-0.1, -0.05) is 59.6 Å². The first-order valence-corrected chi connectivity index (χ1v) is 10.6. The van der Waals surface area contributed by atoms with E-state index in [0.29, 0.717) is 32.5 Å². The number of benzene rings is 3. The van der Waals surface area contributed by atoms with Crippen LogP contribution >= 0.6 is 23.2 Å². The van der Waals surface area contributed by atoms with Gasteiger partial charge in [0, 0.05) is 21.4 Å². The normalized spacial score (nSPS) is 11.2. The van der Waals surface area contributed by atoms with Gasteiger partial charge in [0.1, 0.15) is 23.3 Å². The van der Waals surface area contributed by atoms with Crippen LogP contribution in [0.5, 0.6) is 0 Å². The molecule has 0 saturated carbocycles. The van der Waals surface area contributed by atoms with Gasteiger partial charge in [-0.2, -0.15) is 10.5 Å². The van der Waals surface area contributed by atoms with Crippen LogP contribution in [0.3, 0.4) is 0 Å². The Morgan fingerprint density at radius 3 is 1.32 bits per heavy atom. The fraction of sp³-hybridized carbons (Fsp3) is 0. The summed E-state index contributed by atoms with van der Waals surface area (Å²) in [6, 6.07) is 23.7. The number of nitrogens with zero attached hydrogens (tertiary/aromatic N) is 2. The van der Waals surface area contributed by atoms with Crippen molar-refractivity contribution in [2.45, 2.75) is 0 Å². The smallest absolute Gasteiger partial charge is 0.266 e. The van der Waals surface area contributed by atoms with Crippen molar-refractivity contribution in [3.8, 4) is 12.1 Å². The van der Waals surface area contributed by atoms with E-state index in [1.54, 1.807) is 72.8 Å². The molecule has 0 heterocycles. The van der Waals surface area contributed by atoms with Crippen molar-refractivity contribution in [3.63, 3.8) is 0 Å². The summed E-state index contributed by atoms with van der Waals surface area (Å²) in [6.45, 7) is 0. The molecule has 2 amide bonds. The van der Waals surface area contributed by atoms with Crippen molar-refractivity contribution in [1.29, 1.82) is 10.5 Å². The Labute approximate surface area is 206 Å². The van der Waals surface area contributed by atoms with E-state index in [9.17, 15) is 20.1 Å². The lowest BCUT2D eigenvalue weighted by Gasteiger charge is -2.08. The molecule has 0 aliphatic rings. The minimum Gasteiger partial charge on any atom is -0.321 e. The highest BCUT2D eigenvalue weighted by Gasteiger charge is 2.12. The van der Waals surface area contributed by atoms with Crippen molar-refractivity contribution in [1.82, 2.24) is 0 Å². The molecule has 0 aromatic heterocycles. The minimum atomic E-state index is -0.603. The van der Waals surface area contributed by atoms with Gasteiger partial charge in [0.15, 0.2) is 0 Å². The highest BCUT2D eigenvalue weighted by molar-refractivity contribution is 6.32. The van der Waals surface area contributed by atoms with Crippen LogP contribution in [0.2, 0.25) is 10.0 Å². The number of anilines is 2. The summed E-state index contributed by atoms with van der Waals surface area (Å²) in [5, 5.41) is 24.8. The van der Waals surface area contributed by atoms with E-state index in [1.807, 2.05) is 12.1 Å². The topological polar surface area (TPSA) is 106 Å². The van der Waals surface area contributed by atoms with Crippen molar-refractivity contribution in [2.75, 3.05) is 10.6 Å². The SMILES string of the molecule is N#C/C(=C\c1ccccc1Cl)C(=O)Nc1ccc(NC(=O)/C(C#N)=C/c2ccccc2Cl)cc1. The summed E-state index contributed by atoms with van der Waals surface area (Å²) < 4.78 is 0. The van der Waals surface area contributed by atoms with Gasteiger partial charge in [0.05, 0.1) is 0 Å². The Bertz CT molecular complexity index is 1270. The Kier molecular flexibility index (Phi) is 8.21. The van der Waals surface area contributed by atoms with Gasteiger partial charge in [-0.3, -0.25) is 9.59 Å². The zero-order valence-corrected chi connectivity index (χ0v) is 19.1. The maximum Gasteiger partial charge on any atom is 0.266 e. The van der Waals surface area contributed by atoms with Crippen LogP contribution in [-0.2, 0) is 9.59 Å². The first-order chi connectivity index (χ1) is 16.4. The van der Waals surface area contributed by atoms with Crippen LogP contribution in [0.4, 0.5) is 11.4 Å². The maximum absolute atomic E-state index is 12.5. The number of amides is 2. The lowest BCUT2D eigenvalue weighted by atomic mass is 10.1. The van der Waals surface area contributed by atoms with E-state index in [0.717, 1.165) is 0 Å². The van der Waals surface area contributed by atoms with E-state index >= 15 is 0 Å². The van der Waals surface area contributed by atoms with Gasteiger partial charge in [-0.25, -0.2) is 0 Å². The molecule has 3 rings (SSSR count). The first-order valence-electron chi connectivity index (χ1n) is 9.86. The van der Waals surface area contributed by atoms with Gasteiger partial charge in [0.25, 0.3) is 11.8 Å². The number of nitrogens with one attached hydrogen (secondary N) is 2. The molecule has 2 N–H and O–H groups in total. The average Bonchev–Trinajstić information content (AvgIpc) is 2.84. The van der Waals surface area contributed by atoms with Crippen LogP contribution in [0, 0.1) is 22.7 Å². The molecule has 166 valence electrons. The standard InChI is InChI=1S/C26H16Cl2N4O2/c27-23-7-3-1-5-17(23)13-19(15-29)25(33)31-21-9-11-22(12-10-21)32-26(34)20(16-30)14-18-6-2-4-8-24(18)28/h1-14H,(H,31,33)(H,32,34)/b19-13+,20-14+. The fourth-order valence-electron chi connectivity index (χ4n) is 2.83. The molecule has 0 radical (unpaired) electrons. The fourth-order valence-corrected chi connectivity index (χ4v) is 3.21. The van der Waals surface area contributed by atoms with Crippen molar-refractivity contribution < 1.29 is 9.59 Å². The quantitative estimate of drug-likeness (QED) is 0.324. The lowest BCUT2D eigenvalue weighted by Crippen LogP contribution is -2.15. The molecule has 0 bridgehead atoms. The van der Waals surface area contributed by atoms with Crippen molar-refractivity contribution >= 4 is 58.5 Å². The van der Waals surface area contributed by atoms with Crippen LogP contribution < -0.4 is 10.6 Å². The number of carbonyl (C=O) groups is 2. The monoisotopic (exact) mass is 486 g/mol. The number of halogens is 2. The summed E-state index contributed by atoms with van der Waals surface area (Å²) in [5.74, 6) is -1.21. The second-order valence-corrected chi connectivity index (χ2v) is 7.68. The van der Waals surface area contributed by atoms with Crippen molar-refractivity contribution in [3.05, 3.63) is 105 Å². The number of hydrogen-bond acceptors (Lipinski definition) is 4. The second kappa shape index (κ2) is 11.5. The number of hydrogen-bond donors (Lipinski definition) is 2. The van der Waals surface area contributed by atoms with E-state index < -0.39 is 11.8 Å². The van der Waals surface area contributed by atoms with Gasteiger partial charge < -0.3 is 10.6 Å². The Morgan fingerprint density at radius 1 is 0.647 bits per heavy atom. The molecule has 3 aromatic rings. The summed E-state index contributed by atoms with van der Waals surface area (Å²) in [4.78, 5) is 25.0. The van der Waals surface area contributed by atoms with Gasteiger partial charge in [-0.05, 0) is 59.7 Å². The van der Waals surface area contributed by atoms with E-state index in [2.05, 4.69) is 10.6 Å². The third kappa shape index (κ3) is 6.34. The van der Waals surface area contributed by atoms with E-state index in [-0.39, 0.29) is 11.1 Å². The molecule has 0 aliphatic heterocycles. The molecule has 0 unspecified atom stereocenters. The summed E-state index contributed by atoms with van der Waals surface area (Å²) in [7, 11) is 0. The van der Waals surface area contributed by atoms with E-state index in [4.69, 9.17) is 23.2 Å². The van der Waals surface area contributed by atoms with Crippen molar-refractivity contribution in [2.24, 2.45) is 0 Å². The molecule has 3 aromatic carbocycles. The highest BCUT2D eigenvalue weighted by Crippen LogP contribution is 2.21. The summed E-state index contributed by atoms with van der Waals surface area (Å²) in [6.07, 6.45) is 2.81. The molecule has 0 atom stereocenters. The predicted octanol–water partition coefficient (Wildman–Crippen LogP) is 6.08. The number of rotatable bonds is 6. The molecular formula is C26H16Cl2N4O2. The Balaban J connectivity index is 1.69. The molecule has 34 heavy (non-hydrogen) atoms. The van der Waals surface area contributed by atoms with Crippen LogP contribution in [-0.4, -0.2) is 11.8 Å². The zero-order valence-electron chi connectivity index (χ0n) is 17.5. The average molecular weight is 487 g/mol. The number of nitriles is 2. The summed E-state index contributed by atoms with van der Waals surface area (Å²) >= 11 is 12.2. The molecule has 0 saturated heterocycles. The molecule has 0 spiro atoms. The molecule has 8 heteroatoms. The first kappa shape index (κ1) is 24.3. The van der Waals surface area contributed by atoms with Gasteiger partial charge in [0.2, 0.25) is 0 Å². The molecular weight excluding hydrogens is 471 g/mol. The Hall–Kier alpha value is -4.36. The number of carbonyl (C=O) groups excluding carboxylic acids is 2. The lowest BCUT2D eigenvalue weighted by molar-refractivity contribution is -0.113. The van der Waals surface area contributed by atoms with Crippen LogP contribution in [0.15, 0.2) is 83.9 Å². The predicted molar refractivity (Wildman–Crippen MR) is 134 cm³/mol. The second-order valence-electron chi connectivity index (χ2n) is 6.87. The largest absolute Gasteiger partial charge is 0.321 e. The Morgan fingerprint density at radius 2 is 1.00 bits per heavy atom. The summed E-state index contributed by atoms with van der Waals surface area (Å²) in [5.41, 5.74) is 1.69. The van der Waals surface area contributed by atoms with Crippen LogP contribution in [0.25, 0.3) is 12.2 Å². The molecule has 0 fully saturated rings. The van der Waals surface area contributed by atoms with Gasteiger partial charge in [-0.15, -0.1) is 0 Å². The third-order valence-corrected chi connectivity index (χ3v) is 5.23. The maximum atomic E-state index is 12.5.